The molecule has 106 valence electrons. The number of hydrogen-bond donors (Lipinski definition) is 0. The van der Waals surface area contributed by atoms with E-state index in [1.807, 2.05) is 13.8 Å². The summed E-state index contributed by atoms with van der Waals surface area (Å²) in [4.78, 5) is 0. The first-order valence-electron chi connectivity index (χ1n) is 7.23. The molecule has 0 aromatic heterocycles. The van der Waals surface area contributed by atoms with Gasteiger partial charge in [0.2, 0.25) is 0 Å². The van der Waals surface area contributed by atoms with Crippen LogP contribution in [0.25, 0.3) is 12.2 Å². The Balaban J connectivity index is 3.41. The quantitative estimate of drug-likeness (QED) is 0.578. The highest BCUT2D eigenvalue weighted by atomic mass is 14.2. The Morgan fingerprint density at radius 3 is 1.05 bits per heavy atom. The van der Waals surface area contributed by atoms with E-state index in [0.29, 0.717) is 0 Å². The van der Waals surface area contributed by atoms with Crippen LogP contribution in [0.5, 0.6) is 0 Å². The molecule has 1 rings (SSSR count). The van der Waals surface area contributed by atoms with Crippen LogP contribution in [0.2, 0.25) is 0 Å². The zero-order chi connectivity index (χ0) is 15.1. The summed E-state index contributed by atoms with van der Waals surface area (Å²) in [5, 5.41) is 0. The second-order valence-corrected chi connectivity index (χ2v) is 5.10. The second-order valence-electron chi connectivity index (χ2n) is 5.10. The van der Waals surface area contributed by atoms with Gasteiger partial charge < -0.3 is 0 Å². The Morgan fingerprint density at radius 2 is 0.800 bits per heavy atom. The molecule has 0 unspecified atom stereocenters. The molecule has 0 spiro atoms. The molecular formula is C20H26. The van der Waals surface area contributed by atoms with Crippen LogP contribution >= 0.6 is 0 Å². The van der Waals surface area contributed by atoms with Crippen molar-refractivity contribution >= 4 is 12.2 Å². The van der Waals surface area contributed by atoms with Crippen LogP contribution in [0.15, 0.2) is 36.5 Å². The van der Waals surface area contributed by atoms with Gasteiger partial charge in [-0.05, 0) is 74.9 Å². The van der Waals surface area contributed by atoms with Crippen LogP contribution in [0.4, 0.5) is 0 Å². The van der Waals surface area contributed by atoms with Crippen molar-refractivity contribution in [1.82, 2.24) is 0 Å². The Labute approximate surface area is 124 Å². The fraction of sp³-hybridized carbons (Fsp3) is 0.300. The van der Waals surface area contributed by atoms with Crippen molar-refractivity contribution in [2.24, 2.45) is 0 Å². The monoisotopic (exact) mass is 266 g/mol. The van der Waals surface area contributed by atoms with E-state index in [4.69, 9.17) is 0 Å². The molecule has 0 amide bonds. The highest BCUT2D eigenvalue weighted by Crippen LogP contribution is 2.28. The normalized spacial score (nSPS) is 12.7. The molecule has 0 nitrogen and oxygen atoms in total. The van der Waals surface area contributed by atoms with Gasteiger partial charge in [0.05, 0.1) is 0 Å². The number of rotatable bonds is 4. The van der Waals surface area contributed by atoms with Gasteiger partial charge >= 0.3 is 0 Å². The molecule has 0 bridgehead atoms. The van der Waals surface area contributed by atoms with Crippen LogP contribution in [0.3, 0.4) is 0 Å². The highest BCUT2D eigenvalue weighted by molar-refractivity contribution is 5.70. The summed E-state index contributed by atoms with van der Waals surface area (Å²) >= 11 is 0. The van der Waals surface area contributed by atoms with Crippen LogP contribution in [-0.4, -0.2) is 0 Å². The average molecular weight is 266 g/mol. The summed E-state index contributed by atoms with van der Waals surface area (Å²) in [7, 11) is 0. The number of allylic oxidation sites excluding steroid dienone is 6. The van der Waals surface area contributed by atoms with Crippen molar-refractivity contribution in [3.63, 3.8) is 0 Å². The predicted molar refractivity (Wildman–Crippen MR) is 93.1 cm³/mol. The number of benzene rings is 1. The molecule has 0 saturated carbocycles. The Bertz CT molecular complexity index is 497. The number of hydrogen-bond acceptors (Lipinski definition) is 0. The second kappa shape index (κ2) is 7.69. The lowest BCUT2D eigenvalue weighted by atomic mass is 9.88. The van der Waals surface area contributed by atoms with Gasteiger partial charge in [-0.3, -0.25) is 0 Å². The zero-order valence-electron chi connectivity index (χ0n) is 13.6. The maximum absolute atomic E-state index is 2.21. The summed E-state index contributed by atoms with van der Waals surface area (Å²) in [6.45, 7) is 12.9. The van der Waals surface area contributed by atoms with Gasteiger partial charge in [-0.25, -0.2) is 0 Å². The largest absolute Gasteiger partial charge is 0.0877 e. The third-order valence-corrected chi connectivity index (χ3v) is 3.87. The first-order valence-corrected chi connectivity index (χ1v) is 7.23. The van der Waals surface area contributed by atoms with Crippen molar-refractivity contribution in [2.45, 2.75) is 41.5 Å². The predicted octanol–water partition coefficient (Wildman–Crippen LogP) is 6.10. The first kappa shape index (κ1) is 16.2. The van der Waals surface area contributed by atoms with Gasteiger partial charge in [-0.1, -0.05) is 48.6 Å². The van der Waals surface area contributed by atoms with Gasteiger partial charge in [0.25, 0.3) is 0 Å². The van der Waals surface area contributed by atoms with E-state index in [9.17, 15) is 0 Å². The van der Waals surface area contributed by atoms with Crippen LogP contribution in [0.1, 0.15) is 47.2 Å². The standard InChI is InChI=1S/C20H26/c1-7-9-11-13-19-15(3)17(5)20(14-12-10-8-2)18(6)16(19)4/h7-14H,1-6H3/b9-7-,10-8-,13-11-,14-12-. The van der Waals surface area contributed by atoms with E-state index in [1.54, 1.807) is 0 Å². The Kier molecular flexibility index (Phi) is 6.24. The average Bonchev–Trinajstić information content (AvgIpc) is 2.44. The van der Waals surface area contributed by atoms with E-state index >= 15 is 0 Å². The fourth-order valence-corrected chi connectivity index (χ4v) is 2.40. The zero-order valence-corrected chi connectivity index (χ0v) is 13.6. The molecule has 0 aliphatic heterocycles. The molecule has 0 aliphatic rings. The van der Waals surface area contributed by atoms with Crippen molar-refractivity contribution < 1.29 is 0 Å². The smallest absolute Gasteiger partial charge is 0.0192 e. The molecule has 0 atom stereocenters. The lowest BCUT2D eigenvalue weighted by molar-refractivity contribution is 1.21. The molecule has 0 fully saturated rings. The third kappa shape index (κ3) is 3.60. The molecule has 0 heterocycles. The first-order chi connectivity index (χ1) is 9.54. The molecule has 0 saturated heterocycles. The van der Waals surface area contributed by atoms with Gasteiger partial charge in [-0.15, -0.1) is 0 Å². The van der Waals surface area contributed by atoms with Crippen LogP contribution in [0, 0.1) is 27.7 Å². The van der Waals surface area contributed by atoms with Crippen LogP contribution < -0.4 is 0 Å². The van der Waals surface area contributed by atoms with Gasteiger partial charge in [0, 0.05) is 0 Å². The SMILES string of the molecule is C/C=C\C=C/c1c(C)c(C)c(/C=C\C=C/C)c(C)c1C. The summed E-state index contributed by atoms with van der Waals surface area (Å²) in [6, 6.07) is 0. The van der Waals surface area contributed by atoms with Crippen molar-refractivity contribution in [1.29, 1.82) is 0 Å². The van der Waals surface area contributed by atoms with Gasteiger partial charge in [0.1, 0.15) is 0 Å². The molecule has 0 N–H and O–H groups in total. The minimum absolute atomic E-state index is 1.35. The topological polar surface area (TPSA) is 0 Å². The molecule has 20 heavy (non-hydrogen) atoms. The maximum Gasteiger partial charge on any atom is -0.0192 e. The van der Waals surface area contributed by atoms with Crippen molar-refractivity contribution in [3.05, 3.63) is 69.8 Å². The molecule has 0 radical (unpaired) electrons. The van der Waals surface area contributed by atoms with Gasteiger partial charge in [0.15, 0.2) is 0 Å². The summed E-state index contributed by atoms with van der Waals surface area (Å²) in [5.41, 5.74) is 8.17. The Hall–Kier alpha value is -1.82. The van der Waals surface area contributed by atoms with Crippen molar-refractivity contribution in [3.8, 4) is 0 Å². The molecule has 1 aromatic carbocycles. The molecular weight excluding hydrogens is 240 g/mol. The van der Waals surface area contributed by atoms with E-state index in [1.165, 1.54) is 33.4 Å². The maximum atomic E-state index is 2.21. The van der Waals surface area contributed by atoms with E-state index in [2.05, 4.69) is 76.3 Å². The molecule has 1 aromatic rings. The van der Waals surface area contributed by atoms with E-state index in [0.717, 1.165) is 0 Å². The van der Waals surface area contributed by atoms with Gasteiger partial charge in [-0.2, -0.15) is 0 Å². The highest BCUT2D eigenvalue weighted by Gasteiger charge is 2.10. The minimum atomic E-state index is 1.35. The van der Waals surface area contributed by atoms with Crippen LogP contribution in [-0.2, 0) is 0 Å². The van der Waals surface area contributed by atoms with Crippen molar-refractivity contribution in [2.75, 3.05) is 0 Å². The van der Waals surface area contributed by atoms with E-state index < -0.39 is 0 Å². The summed E-state index contributed by atoms with van der Waals surface area (Å²) in [6.07, 6.45) is 16.9. The molecule has 0 heteroatoms. The fourth-order valence-electron chi connectivity index (χ4n) is 2.40. The summed E-state index contributed by atoms with van der Waals surface area (Å²) < 4.78 is 0. The molecule has 0 aliphatic carbocycles. The summed E-state index contributed by atoms with van der Waals surface area (Å²) in [5.74, 6) is 0. The van der Waals surface area contributed by atoms with E-state index in [-0.39, 0.29) is 0 Å². The Morgan fingerprint density at radius 1 is 0.500 bits per heavy atom. The lowest BCUT2D eigenvalue weighted by Crippen LogP contribution is -1.99. The third-order valence-electron chi connectivity index (χ3n) is 3.87. The minimum Gasteiger partial charge on any atom is -0.0877 e. The lowest BCUT2D eigenvalue weighted by Gasteiger charge is -2.16.